The Kier molecular flexibility index (Phi) is 3.71. The van der Waals surface area contributed by atoms with Crippen molar-refractivity contribution < 1.29 is 4.79 Å². The summed E-state index contributed by atoms with van der Waals surface area (Å²) in [6.07, 6.45) is 2.35. The first-order valence-electron chi connectivity index (χ1n) is 7.43. The maximum absolute atomic E-state index is 12.8. The Balaban J connectivity index is 0.00000144. The number of anilines is 1. The van der Waals surface area contributed by atoms with Crippen molar-refractivity contribution in [1.82, 2.24) is 0 Å². The number of halogens is 1. The molecule has 1 aliphatic heterocycles. The molecule has 0 radical (unpaired) electrons. The normalized spacial score (nSPS) is 18.5. The van der Waals surface area contributed by atoms with Crippen molar-refractivity contribution in [3.05, 3.63) is 65.7 Å². The third-order valence-electron chi connectivity index (χ3n) is 4.77. The summed E-state index contributed by atoms with van der Waals surface area (Å²) in [4.78, 5) is 14.7. The highest BCUT2D eigenvalue weighted by atomic mass is 35.5. The van der Waals surface area contributed by atoms with Crippen LogP contribution in [0.2, 0.25) is 0 Å². The van der Waals surface area contributed by atoms with Crippen LogP contribution in [-0.2, 0) is 10.2 Å². The Hall–Kier alpha value is -1.84. The molecular weight excluding hydrogens is 296 g/mol. The molecule has 1 amide bonds. The van der Waals surface area contributed by atoms with Crippen molar-refractivity contribution in [2.24, 2.45) is 5.73 Å². The number of amides is 1. The van der Waals surface area contributed by atoms with Crippen LogP contribution in [0.3, 0.4) is 0 Å². The Labute approximate surface area is 136 Å². The van der Waals surface area contributed by atoms with Gasteiger partial charge in [-0.2, -0.15) is 0 Å². The van der Waals surface area contributed by atoms with E-state index in [1.165, 1.54) is 18.4 Å². The first kappa shape index (κ1) is 15.1. The smallest absolute Gasteiger partial charge is 0.248 e. The molecule has 3 nitrogen and oxygen atoms in total. The van der Waals surface area contributed by atoms with Gasteiger partial charge in [0.15, 0.2) is 0 Å². The standard InChI is InChI=1S/C18H18N2O.ClH/c19-16(13-6-2-1-3-7-13)17(21)20-12-18(10-11-18)14-8-4-5-9-15(14)20;/h1-9,16H,10-12,19H2;1H. The zero-order valence-corrected chi connectivity index (χ0v) is 13.1. The molecule has 1 saturated carbocycles. The van der Waals surface area contributed by atoms with Gasteiger partial charge < -0.3 is 10.6 Å². The predicted molar refractivity (Wildman–Crippen MR) is 90.3 cm³/mol. The number of hydrogen-bond acceptors (Lipinski definition) is 2. The molecule has 2 aliphatic rings. The van der Waals surface area contributed by atoms with Gasteiger partial charge >= 0.3 is 0 Å². The Morgan fingerprint density at radius 3 is 2.36 bits per heavy atom. The summed E-state index contributed by atoms with van der Waals surface area (Å²) >= 11 is 0. The van der Waals surface area contributed by atoms with Crippen LogP contribution in [0.25, 0.3) is 0 Å². The van der Waals surface area contributed by atoms with E-state index in [9.17, 15) is 4.79 Å². The monoisotopic (exact) mass is 314 g/mol. The summed E-state index contributed by atoms with van der Waals surface area (Å²) in [6.45, 7) is 0.783. The zero-order valence-electron chi connectivity index (χ0n) is 12.2. The molecule has 1 atom stereocenters. The fourth-order valence-corrected chi connectivity index (χ4v) is 3.38. The average Bonchev–Trinajstić information content (AvgIpc) is 3.25. The van der Waals surface area contributed by atoms with E-state index in [0.29, 0.717) is 0 Å². The van der Waals surface area contributed by atoms with Crippen molar-refractivity contribution >= 4 is 24.0 Å². The number of rotatable bonds is 2. The van der Waals surface area contributed by atoms with Crippen LogP contribution in [0.5, 0.6) is 0 Å². The molecular formula is C18H19ClN2O. The molecule has 2 aromatic carbocycles. The number of nitrogens with zero attached hydrogens (tertiary/aromatic N) is 1. The van der Waals surface area contributed by atoms with Crippen molar-refractivity contribution in [2.45, 2.75) is 24.3 Å². The minimum Gasteiger partial charge on any atom is -0.316 e. The molecule has 1 unspecified atom stereocenters. The summed E-state index contributed by atoms with van der Waals surface area (Å²) in [6, 6.07) is 17.3. The molecule has 114 valence electrons. The SMILES string of the molecule is Cl.NC(C(=O)N1CC2(CC2)c2ccccc21)c1ccccc1. The van der Waals surface area contributed by atoms with Crippen LogP contribution in [0.1, 0.15) is 30.0 Å². The summed E-state index contributed by atoms with van der Waals surface area (Å²) in [5, 5.41) is 0. The quantitative estimate of drug-likeness (QED) is 0.925. The van der Waals surface area contributed by atoms with Gasteiger partial charge in [0.2, 0.25) is 5.91 Å². The molecule has 4 heteroatoms. The maximum Gasteiger partial charge on any atom is 0.248 e. The largest absolute Gasteiger partial charge is 0.316 e. The van der Waals surface area contributed by atoms with E-state index in [1.54, 1.807) is 0 Å². The van der Waals surface area contributed by atoms with E-state index >= 15 is 0 Å². The minimum absolute atomic E-state index is 0. The molecule has 1 aliphatic carbocycles. The predicted octanol–water partition coefficient (Wildman–Crippen LogP) is 3.19. The second-order valence-corrected chi connectivity index (χ2v) is 6.11. The van der Waals surface area contributed by atoms with E-state index < -0.39 is 6.04 Å². The molecule has 1 fully saturated rings. The number of carbonyl (C=O) groups excluding carboxylic acids is 1. The second-order valence-electron chi connectivity index (χ2n) is 6.11. The third-order valence-corrected chi connectivity index (χ3v) is 4.77. The Bertz CT molecular complexity index is 697. The van der Waals surface area contributed by atoms with Crippen LogP contribution >= 0.6 is 12.4 Å². The minimum atomic E-state index is -0.590. The lowest BCUT2D eigenvalue weighted by atomic mass is 9.99. The fraction of sp³-hybridized carbons (Fsp3) is 0.278. The van der Waals surface area contributed by atoms with Gasteiger partial charge in [-0.05, 0) is 30.0 Å². The first-order valence-corrected chi connectivity index (χ1v) is 7.43. The van der Waals surface area contributed by atoms with Crippen molar-refractivity contribution in [3.8, 4) is 0 Å². The van der Waals surface area contributed by atoms with E-state index in [2.05, 4.69) is 12.1 Å². The highest BCUT2D eigenvalue weighted by molar-refractivity contribution is 6.00. The molecule has 2 aromatic rings. The fourth-order valence-electron chi connectivity index (χ4n) is 3.38. The lowest BCUT2D eigenvalue weighted by molar-refractivity contribution is -0.119. The van der Waals surface area contributed by atoms with Gasteiger partial charge in [0, 0.05) is 17.6 Å². The van der Waals surface area contributed by atoms with Crippen LogP contribution in [0.15, 0.2) is 54.6 Å². The molecule has 0 aromatic heterocycles. The Morgan fingerprint density at radius 1 is 1.05 bits per heavy atom. The number of para-hydroxylation sites is 1. The highest BCUT2D eigenvalue weighted by Gasteiger charge is 2.53. The van der Waals surface area contributed by atoms with Crippen molar-refractivity contribution in [1.29, 1.82) is 0 Å². The zero-order chi connectivity index (χ0) is 14.4. The van der Waals surface area contributed by atoms with Gasteiger partial charge in [-0.1, -0.05) is 48.5 Å². The number of carbonyl (C=O) groups is 1. The highest BCUT2D eigenvalue weighted by Crippen LogP contribution is 2.56. The lowest BCUT2D eigenvalue weighted by Crippen LogP contribution is -2.38. The molecule has 22 heavy (non-hydrogen) atoms. The third kappa shape index (κ3) is 2.21. The van der Waals surface area contributed by atoms with E-state index in [0.717, 1.165) is 17.8 Å². The molecule has 4 rings (SSSR count). The summed E-state index contributed by atoms with van der Waals surface area (Å²) in [7, 11) is 0. The number of fused-ring (bicyclic) bond motifs is 2. The molecule has 1 heterocycles. The number of benzene rings is 2. The van der Waals surface area contributed by atoms with Gasteiger partial charge in [0.25, 0.3) is 0 Å². The topological polar surface area (TPSA) is 46.3 Å². The van der Waals surface area contributed by atoms with Gasteiger partial charge in [0.1, 0.15) is 6.04 Å². The average molecular weight is 315 g/mol. The van der Waals surface area contributed by atoms with E-state index in [-0.39, 0.29) is 23.7 Å². The van der Waals surface area contributed by atoms with Crippen LogP contribution in [0, 0.1) is 0 Å². The molecule has 1 spiro atoms. The maximum atomic E-state index is 12.8. The molecule has 0 saturated heterocycles. The number of hydrogen-bond donors (Lipinski definition) is 1. The van der Waals surface area contributed by atoms with E-state index in [1.807, 2.05) is 47.4 Å². The van der Waals surface area contributed by atoms with Gasteiger partial charge in [0.05, 0.1) is 0 Å². The summed E-state index contributed by atoms with van der Waals surface area (Å²) in [5.74, 6) is -0.00238. The molecule has 2 N–H and O–H groups in total. The van der Waals surface area contributed by atoms with E-state index in [4.69, 9.17) is 5.73 Å². The Morgan fingerprint density at radius 2 is 1.68 bits per heavy atom. The van der Waals surface area contributed by atoms with Gasteiger partial charge in [-0.3, -0.25) is 4.79 Å². The summed E-state index contributed by atoms with van der Waals surface area (Å²) < 4.78 is 0. The van der Waals surface area contributed by atoms with Gasteiger partial charge in [-0.15, -0.1) is 12.4 Å². The lowest BCUT2D eigenvalue weighted by Gasteiger charge is -2.22. The summed E-state index contributed by atoms with van der Waals surface area (Å²) in [5.41, 5.74) is 9.64. The number of nitrogens with two attached hydrogens (primary N) is 1. The first-order chi connectivity index (χ1) is 10.2. The van der Waals surface area contributed by atoms with Crippen molar-refractivity contribution in [3.63, 3.8) is 0 Å². The molecule has 0 bridgehead atoms. The van der Waals surface area contributed by atoms with Crippen LogP contribution < -0.4 is 10.6 Å². The van der Waals surface area contributed by atoms with Crippen molar-refractivity contribution in [2.75, 3.05) is 11.4 Å². The van der Waals surface area contributed by atoms with Gasteiger partial charge in [-0.25, -0.2) is 0 Å². The second kappa shape index (κ2) is 5.41. The van der Waals surface area contributed by atoms with Crippen LogP contribution in [0.4, 0.5) is 5.69 Å². The van der Waals surface area contributed by atoms with Crippen LogP contribution in [-0.4, -0.2) is 12.5 Å².